The van der Waals surface area contributed by atoms with Crippen LogP contribution in [-0.4, -0.2) is 49.8 Å². The van der Waals surface area contributed by atoms with Gasteiger partial charge in [-0.3, -0.25) is 4.79 Å². The van der Waals surface area contributed by atoms with Crippen LogP contribution in [0, 0.1) is 0 Å². The molecular formula is C26H47NO3S. The van der Waals surface area contributed by atoms with Crippen molar-refractivity contribution < 1.29 is 14.3 Å². The maximum atomic E-state index is 11.8. The Morgan fingerprint density at radius 2 is 1.42 bits per heavy atom. The topological polar surface area (TPSA) is 38.8 Å². The predicted octanol–water partition coefficient (Wildman–Crippen LogP) is 7.03. The third kappa shape index (κ3) is 23.3. The molecule has 0 aromatic rings. The molecule has 0 aliphatic heterocycles. The van der Waals surface area contributed by atoms with E-state index in [2.05, 4.69) is 36.1 Å². The van der Waals surface area contributed by atoms with E-state index in [1.54, 1.807) is 12.6 Å². The Balaban J connectivity index is 3.42. The van der Waals surface area contributed by atoms with Crippen LogP contribution < -0.4 is 0 Å². The van der Waals surface area contributed by atoms with Gasteiger partial charge >= 0.3 is 5.97 Å². The van der Waals surface area contributed by atoms with Gasteiger partial charge in [-0.15, -0.1) is 0 Å². The summed E-state index contributed by atoms with van der Waals surface area (Å²) in [5.41, 5.74) is 1.68. The van der Waals surface area contributed by atoms with E-state index in [0.717, 1.165) is 58.2 Å². The molecule has 5 heteroatoms. The van der Waals surface area contributed by atoms with Gasteiger partial charge in [0.1, 0.15) is 0 Å². The number of esters is 1. The molecule has 0 spiro atoms. The molecule has 0 fully saturated rings. The highest BCUT2D eigenvalue weighted by Gasteiger charge is 2.04. The third-order valence-electron chi connectivity index (χ3n) is 5.13. The first kappa shape index (κ1) is 29.8. The molecule has 0 radical (unpaired) electrons. The number of hydrogen-bond acceptors (Lipinski definition) is 4. The lowest BCUT2D eigenvalue weighted by molar-refractivity contribution is -0.143. The van der Waals surface area contributed by atoms with Crippen molar-refractivity contribution >= 4 is 23.7 Å². The third-order valence-corrected chi connectivity index (χ3v) is 5.43. The van der Waals surface area contributed by atoms with Crippen LogP contribution >= 0.6 is 12.2 Å². The van der Waals surface area contributed by atoms with Crippen molar-refractivity contribution in [2.24, 2.45) is 0 Å². The first-order chi connectivity index (χ1) is 15.2. The van der Waals surface area contributed by atoms with E-state index in [9.17, 15) is 4.79 Å². The SMILES string of the molecule is CCCCC/C=C\C/C=C\CCCCCCCC(=O)OCCCN(C=S)CCCOC. The zero-order valence-corrected chi connectivity index (χ0v) is 21.0. The van der Waals surface area contributed by atoms with Crippen LogP contribution in [0.2, 0.25) is 0 Å². The molecule has 180 valence electrons. The van der Waals surface area contributed by atoms with Gasteiger partial charge in [0.25, 0.3) is 0 Å². The Morgan fingerprint density at radius 1 is 0.806 bits per heavy atom. The summed E-state index contributed by atoms with van der Waals surface area (Å²) >= 11 is 5.02. The monoisotopic (exact) mass is 453 g/mol. The number of allylic oxidation sites excluding steroid dienone is 4. The molecule has 0 amide bonds. The lowest BCUT2D eigenvalue weighted by atomic mass is 10.1. The molecule has 0 aromatic carbocycles. The quantitative estimate of drug-likeness (QED) is 0.0718. The van der Waals surface area contributed by atoms with Crippen LogP contribution in [0.25, 0.3) is 0 Å². The number of unbranched alkanes of at least 4 members (excludes halogenated alkanes) is 8. The minimum absolute atomic E-state index is 0.0704. The number of methoxy groups -OCH3 is 1. The van der Waals surface area contributed by atoms with Gasteiger partial charge in [0.15, 0.2) is 0 Å². The summed E-state index contributed by atoms with van der Waals surface area (Å²) in [5.74, 6) is -0.0704. The first-order valence-corrected chi connectivity index (χ1v) is 12.9. The first-order valence-electron chi connectivity index (χ1n) is 12.4. The molecule has 0 saturated carbocycles. The van der Waals surface area contributed by atoms with Crippen molar-refractivity contribution in [3.05, 3.63) is 24.3 Å². The van der Waals surface area contributed by atoms with Gasteiger partial charge in [0.05, 0.1) is 12.1 Å². The van der Waals surface area contributed by atoms with Crippen LogP contribution in [0.5, 0.6) is 0 Å². The molecule has 0 N–H and O–H groups in total. The number of hydrogen-bond donors (Lipinski definition) is 0. The maximum Gasteiger partial charge on any atom is 0.305 e. The number of rotatable bonds is 23. The largest absolute Gasteiger partial charge is 0.466 e. The molecule has 0 rings (SSSR count). The standard InChI is InChI=1S/C26H47NO3S/c1-3-4-5-6-7-8-9-10-11-12-13-14-15-16-17-20-26(28)30-24-19-22-27(25-31)21-18-23-29-2/h7-8,10-11,25H,3-6,9,12-24H2,1-2H3/b8-7-,11-10-. The summed E-state index contributed by atoms with van der Waals surface area (Å²) in [5, 5.41) is 0. The fraction of sp³-hybridized carbons (Fsp3) is 0.769. The Kier molecular flexibility index (Phi) is 24.1. The zero-order chi connectivity index (χ0) is 22.8. The number of nitrogens with zero attached hydrogens (tertiary/aromatic N) is 1. The fourth-order valence-electron chi connectivity index (χ4n) is 3.24. The van der Waals surface area contributed by atoms with E-state index in [-0.39, 0.29) is 5.97 Å². The van der Waals surface area contributed by atoms with Crippen LogP contribution in [0.1, 0.15) is 96.8 Å². The van der Waals surface area contributed by atoms with Crippen LogP contribution in [-0.2, 0) is 14.3 Å². The van der Waals surface area contributed by atoms with Crippen molar-refractivity contribution in [2.45, 2.75) is 96.8 Å². The van der Waals surface area contributed by atoms with Crippen molar-refractivity contribution in [1.29, 1.82) is 0 Å². The summed E-state index contributed by atoms with van der Waals surface area (Å²) in [6, 6.07) is 0. The second kappa shape index (κ2) is 25.1. The lowest BCUT2D eigenvalue weighted by Gasteiger charge is -2.18. The molecule has 0 aliphatic rings. The Labute approximate surface area is 197 Å². The molecule has 0 aliphatic carbocycles. The molecular weight excluding hydrogens is 406 g/mol. The molecule has 0 aromatic heterocycles. The molecule has 0 bridgehead atoms. The molecule has 0 atom stereocenters. The average molecular weight is 454 g/mol. The molecule has 4 nitrogen and oxygen atoms in total. The van der Waals surface area contributed by atoms with Gasteiger partial charge in [0.2, 0.25) is 0 Å². The smallest absolute Gasteiger partial charge is 0.305 e. The van der Waals surface area contributed by atoms with Gasteiger partial charge in [-0.2, -0.15) is 0 Å². The highest BCUT2D eigenvalue weighted by atomic mass is 32.1. The van der Waals surface area contributed by atoms with Crippen molar-refractivity contribution in [3.63, 3.8) is 0 Å². The fourth-order valence-corrected chi connectivity index (χ4v) is 3.45. The number of carbonyl (C=O) groups excluding carboxylic acids is 1. The predicted molar refractivity (Wildman–Crippen MR) is 137 cm³/mol. The van der Waals surface area contributed by atoms with E-state index < -0.39 is 0 Å². The van der Waals surface area contributed by atoms with E-state index in [1.165, 1.54) is 44.9 Å². The number of carbonyl (C=O) groups is 1. The van der Waals surface area contributed by atoms with Gasteiger partial charge in [-0.25, -0.2) is 0 Å². The van der Waals surface area contributed by atoms with E-state index >= 15 is 0 Å². The second-order valence-corrected chi connectivity index (χ2v) is 8.25. The molecule has 0 unspecified atom stereocenters. The van der Waals surface area contributed by atoms with Gasteiger partial charge in [0, 0.05) is 33.2 Å². The van der Waals surface area contributed by atoms with E-state index in [1.807, 2.05) is 0 Å². The maximum absolute atomic E-state index is 11.8. The van der Waals surface area contributed by atoms with Gasteiger partial charge < -0.3 is 14.4 Å². The number of ether oxygens (including phenoxy) is 2. The normalized spacial score (nSPS) is 11.4. The Bertz CT molecular complexity index is 466. The van der Waals surface area contributed by atoms with Crippen molar-refractivity contribution in [2.75, 3.05) is 33.4 Å². The summed E-state index contributed by atoms with van der Waals surface area (Å²) in [7, 11) is 1.70. The lowest BCUT2D eigenvalue weighted by Crippen LogP contribution is -2.25. The number of thiocarbonyl (C=S) groups is 1. The summed E-state index contributed by atoms with van der Waals surface area (Å²) in [4.78, 5) is 13.9. The summed E-state index contributed by atoms with van der Waals surface area (Å²) < 4.78 is 10.4. The van der Waals surface area contributed by atoms with E-state index in [0.29, 0.717) is 13.0 Å². The average Bonchev–Trinajstić information content (AvgIpc) is 2.78. The molecule has 31 heavy (non-hydrogen) atoms. The van der Waals surface area contributed by atoms with Crippen LogP contribution in [0.15, 0.2) is 24.3 Å². The molecule has 0 heterocycles. The van der Waals surface area contributed by atoms with Crippen LogP contribution in [0.4, 0.5) is 0 Å². The van der Waals surface area contributed by atoms with Gasteiger partial charge in [-0.05, 0) is 51.4 Å². The van der Waals surface area contributed by atoms with Gasteiger partial charge in [-0.1, -0.05) is 75.5 Å². The zero-order valence-electron chi connectivity index (χ0n) is 20.2. The second-order valence-electron chi connectivity index (χ2n) is 8.04. The summed E-state index contributed by atoms with van der Waals surface area (Å²) in [6.07, 6.45) is 24.6. The Morgan fingerprint density at radius 3 is 2.06 bits per heavy atom. The van der Waals surface area contributed by atoms with Crippen molar-refractivity contribution in [1.82, 2.24) is 4.90 Å². The highest BCUT2D eigenvalue weighted by Crippen LogP contribution is 2.09. The highest BCUT2D eigenvalue weighted by molar-refractivity contribution is 7.78. The minimum atomic E-state index is -0.0704. The molecule has 0 saturated heterocycles. The van der Waals surface area contributed by atoms with Crippen molar-refractivity contribution in [3.8, 4) is 0 Å². The minimum Gasteiger partial charge on any atom is -0.466 e. The van der Waals surface area contributed by atoms with E-state index in [4.69, 9.17) is 21.7 Å². The summed E-state index contributed by atoms with van der Waals surface area (Å²) in [6.45, 7) is 5.17. The van der Waals surface area contributed by atoms with Crippen LogP contribution in [0.3, 0.4) is 0 Å². The Hall–Kier alpha value is -1.20.